The number of ether oxygens (including phenoxy) is 3. The average Bonchev–Trinajstić information content (AvgIpc) is 2.34. The fourth-order valence-electron chi connectivity index (χ4n) is 1.39. The molecule has 0 aromatic heterocycles. The number of ketones is 1. The molecule has 17 heavy (non-hydrogen) atoms. The van der Waals surface area contributed by atoms with Gasteiger partial charge in [0.05, 0.1) is 19.3 Å². The van der Waals surface area contributed by atoms with Crippen LogP contribution in [0.2, 0.25) is 0 Å². The van der Waals surface area contributed by atoms with Gasteiger partial charge in [0, 0.05) is 12.7 Å². The minimum atomic E-state index is -0.0286. The third kappa shape index (κ3) is 4.07. The molecule has 4 heteroatoms. The van der Waals surface area contributed by atoms with Gasteiger partial charge in [0.25, 0.3) is 0 Å². The molecule has 0 heterocycles. The third-order valence-corrected chi connectivity index (χ3v) is 2.26. The lowest BCUT2D eigenvalue weighted by Gasteiger charge is -2.11. The van der Waals surface area contributed by atoms with Crippen molar-refractivity contribution in [1.29, 1.82) is 0 Å². The van der Waals surface area contributed by atoms with Crippen molar-refractivity contribution < 1.29 is 19.0 Å². The minimum absolute atomic E-state index is 0.0286. The zero-order valence-electron chi connectivity index (χ0n) is 10.5. The SMILES string of the molecule is CCOCCOc1cc(OC)ccc1C(C)=O. The van der Waals surface area contributed by atoms with E-state index in [9.17, 15) is 4.79 Å². The first-order valence-electron chi connectivity index (χ1n) is 5.58. The first-order chi connectivity index (χ1) is 8.19. The predicted molar refractivity (Wildman–Crippen MR) is 65.0 cm³/mol. The molecule has 4 nitrogen and oxygen atoms in total. The van der Waals surface area contributed by atoms with Crippen LogP contribution in [0.1, 0.15) is 24.2 Å². The van der Waals surface area contributed by atoms with E-state index in [0.717, 1.165) is 0 Å². The fraction of sp³-hybridized carbons (Fsp3) is 0.462. The molecule has 1 aromatic carbocycles. The number of Topliss-reactive ketones (excluding diaryl/α,β-unsaturated/α-hetero) is 1. The molecule has 0 saturated carbocycles. The summed E-state index contributed by atoms with van der Waals surface area (Å²) in [6.07, 6.45) is 0. The molecule has 0 fully saturated rings. The Balaban J connectivity index is 2.75. The van der Waals surface area contributed by atoms with Gasteiger partial charge in [-0.05, 0) is 26.0 Å². The lowest BCUT2D eigenvalue weighted by Crippen LogP contribution is -2.08. The van der Waals surface area contributed by atoms with Crippen molar-refractivity contribution in [3.8, 4) is 11.5 Å². The summed E-state index contributed by atoms with van der Waals surface area (Å²) in [4.78, 5) is 11.4. The highest BCUT2D eigenvalue weighted by atomic mass is 16.5. The molecule has 94 valence electrons. The van der Waals surface area contributed by atoms with Crippen LogP contribution in [-0.2, 0) is 4.74 Å². The Morgan fingerprint density at radius 3 is 2.65 bits per heavy atom. The molecule has 1 aromatic rings. The van der Waals surface area contributed by atoms with Gasteiger partial charge in [-0.2, -0.15) is 0 Å². The van der Waals surface area contributed by atoms with Crippen molar-refractivity contribution in [1.82, 2.24) is 0 Å². The Morgan fingerprint density at radius 2 is 2.06 bits per heavy atom. The number of rotatable bonds is 7. The van der Waals surface area contributed by atoms with Gasteiger partial charge in [0.15, 0.2) is 5.78 Å². The van der Waals surface area contributed by atoms with E-state index in [4.69, 9.17) is 14.2 Å². The normalized spacial score (nSPS) is 10.1. The summed E-state index contributed by atoms with van der Waals surface area (Å²) in [6.45, 7) is 5.01. The Kier molecular flexibility index (Phi) is 5.49. The number of carbonyl (C=O) groups excluding carboxylic acids is 1. The summed E-state index contributed by atoms with van der Waals surface area (Å²) >= 11 is 0. The molecule has 0 unspecified atom stereocenters. The van der Waals surface area contributed by atoms with Gasteiger partial charge in [0.2, 0.25) is 0 Å². The lowest BCUT2D eigenvalue weighted by molar-refractivity contribution is 0.0990. The van der Waals surface area contributed by atoms with Crippen LogP contribution in [0, 0.1) is 0 Å². The van der Waals surface area contributed by atoms with Crippen LogP contribution in [0.25, 0.3) is 0 Å². The number of methoxy groups -OCH3 is 1. The molecule has 0 spiro atoms. The van der Waals surface area contributed by atoms with Gasteiger partial charge in [-0.15, -0.1) is 0 Å². The van der Waals surface area contributed by atoms with E-state index in [1.54, 1.807) is 25.3 Å². The highest BCUT2D eigenvalue weighted by Gasteiger charge is 2.09. The number of benzene rings is 1. The number of hydrogen-bond donors (Lipinski definition) is 0. The fourth-order valence-corrected chi connectivity index (χ4v) is 1.39. The maximum absolute atomic E-state index is 11.4. The van der Waals surface area contributed by atoms with Gasteiger partial charge in [-0.25, -0.2) is 0 Å². The topological polar surface area (TPSA) is 44.8 Å². The number of carbonyl (C=O) groups is 1. The smallest absolute Gasteiger partial charge is 0.163 e. The van der Waals surface area contributed by atoms with Gasteiger partial charge in [-0.3, -0.25) is 4.79 Å². The molecule has 0 atom stereocenters. The van der Waals surface area contributed by atoms with Crippen LogP contribution in [-0.4, -0.2) is 32.7 Å². The summed E-state index contributed by atoms with van der Waals surface area (Å²) in [6, 6.07) is 5.16. The monoisotopic (exact) mass is 238 g/mol. The highest BCUT2D eigenvalue weighted by molar-refractivity contribution is 5.97. The average molecular weight is 238 g/mol. The van der Waals surface area contributed by atoms with Crippen LogP contribution in [0.15, 0.2) is 18.2 Å². The van der Waals surface area contributed by atoms with Crippen molar-refractivity contribution in [2.45, 2.75) is 13.8 Å². The Bertz CT molecular complexity index is 374. The molecule has 0 radical (unpaired) electrons. The second-order valence-corrected chi connectivity index (χ2v) is 3.46. The molecule has 0 bridgehead atoms. The van der Waals surface area contributed by atoms with Gasteiger partial charge in [0.1, 0.15) is 18.1 Å². The molecule has 0 amide bonds. The van der Waals surface area contributed by atoms with E-state index in [0.29, 0.717) is 36.9 Å². The molecule has 0 N–H and O–H groups in total. The highest BCUT2D eigenvalue weighted by Crippen LogP contribution is 2.25. The van der Waals surface area contributed by atoms with E-state index >= 15 is 0 Å². The largest absolute Gasteiger partial charge is 0.497 e. The van der Waals surface area contributed by atoms with E-state index in [1.807, 2.05) is 6.92 Å². The van der Waals surface area contributed by atoms with E-state index in [2.05, 4.69) is 0 Å². The number of hydrogen-bond acceptors (Lipinski definition) is 4. The summed E-state index contributed by atoms with van der Waals surface area (Å²) in [7, 11) is 1.58. The molecule has 0 aliphatic carbocycles. The molecular formula is C13H18O4. The lowest BCUT2D eigenvalue weighted by atomic mass is 10.1. The molecule has 0 aliphatic rings. The van der Waals surface area contributed by atoms with E-state index < -0.39 is 0 Å². The molecule has 1 rings (SSSR count). The van der Waals surface area contributed by atoms with Crippen LogP contribution in [0.3, 0.4) is 0 Å². The van der Waals surface area contributed by atoms with Crippen molar-refractivity contribution >= 4 is 5.78 Å². The molecular weight excluding hydrogens is 220 g/mol. The zero-order chi connectivity index (χ0) is 12.7. The zero-order valence-corrected chi connectivity index (χ0v) is 10.5. The summed E-state index contributed by atoms with van der Waals surface area (Å²) in [5.74, 6) is 1.18. The Hall–Kier alpha value is -1.55. The van der Waals surface area contributed by atoms with Crippen LogP contribution < -0.4 is 9.47 Å². The maximum atomic E-state index is 11.4. The van der Waals surface area contributed by atoms with Gasteiger partial charge in [-0.1, -0.05) is 0 Å². The Morgan fingerprint density at radius 1 is 1.29 bits per heavy atom. The van der Waals surface area contributed by atoms with Crippen LogP contribution in [0.4, 0.5) is 0 Å². The Labute approximate surface area is 101 Å². The second-order valence-electron chi connectivity index (χ2n) is 3.46. The summed E-state index contributed by atoms with van der Waals surface area (Å²) in [5, 5.41) is 0. The minimum Gasteiger partial charge on any atom is -0.497 e. The first kappa shape index (κ1) is 13.5. The van der Waals surface area contributed by atoms with Crippen molar-refractivity contribution in [2.24, 2.45) is 0 Å². The van der Waals surface area contributed by atoms with Gasteiger partial charge >= 0.3 is 0 Å². The van der Waals surface area contributed by atoms with Crippen molar-refractivity contribution in [3.05, 3.63) is 23.8 Å². The van der Waals surface area contributed by atoms with Crippen molar-refractivity contribution in [3.63, 3.8) is 0 Å². The van der Waals surface area contributed by atoms with E-state index in [1.165, 1.54) is 6.92 Å². The maximum Gasteiger partial charge on any atom is 0.163 e. The second kappa shape index (κ2) is 6.91. The molecule has 0 saturated heterocycles. The predicted octanol–water partition coefficient (Wildman–Crippen LogP) is 2.31. The standard InChI is InChI=1S/C13H18O4/c1-4-16-7-8-17-13-9-11(15-3)5-6-12(13)10(2)14/h5-6,9H,4,7-8H2,1-3H3. The molecule has 0 aliphatic heterocycles. The summed E-state index contributed by atoms with van der Waals surface area (Å²) < 4.78 is 15.8. The van der Waals surface area contributed by atoms with Crippen LogP contribution >= 0.6 is 0 Å². The van der Waals surface area contributed by atoms with Crippen LogP contribution in [0.5, 0.6) is 11.5 Å². The first-order valence-corrected chi connectivity index (χ1v) is 5.58. The quantitative estimate of drug-likeness (QED) is 0.540. The van der Waals surface area contributed by atoms with Gasteiger partial charge < -0.3 is 14.2 Å². The van der Waals surface area contributed by atoms with E-state index in [-0.39, 0.29) is 5.78 Å². The third-order valence-electron chi connectivity index (χ3n) is 2.26. The summed E-state index contributed by atoms with van der Waals surface area (Å²) in [5.41, 5.74) is 0.558. The van der Waals surface area contributed by atoms with Crippen molar-refractivity contribution in [2.75, 3.05) is 26.9 Å².